The lowest BCUT2D eigenvalue weighted by atomic mass is 10.1. The van der Waals surface area contributed by atoms with Gasteiger partial charge in [0, 0.05) is 22.2 Å². The predicted molar refractivity (Wildman–Crippen MR) is 115 cm³/mol. The fourth-order valence-electron chi connectivity index (χ4n) is 3.02. The van der Waals surface area contributed by atoms with Crippen LogP contribution < -0.4 is 10.6 Å². The van der Waals surface area contributed by atoms with Crippen LogP contribution in [0, 0.1) is 6.92 Å². The Morgan fingerprint density at radius 2 is 1.90 bits per heavy atom. The summed E-state index contributed by atoms with van der Waals surface area (Å²) >= 11 is 1.39. The maximum absolute atomic E-state index is 12.8. The minimum Gasteiger partial charge on any atom is -0.392 e. The van der Waals surface area contributed by atoms with Gasteiger partial charge in [-0.25, -0.2) is 0 Å². The van der Waals surface area contributed by atoms with Gasteiger partial charge in [-0.05, 0) is 66.8 Å². The third kappa shape index (κ3) is 4.55. The molecule has 0 saturated heterocycles. The van der Waals surface area contributed by atoms with Crippen LogP contribution in [0.5, 0.6) is 0 Å². The molecule has 0 unspecified atom stereocenters. The van der Waals surface area contributed by atoms with Gasteiger partial charge >= 0.3 is 0 Å². The molecular weight excluding hydrogens is 384 g/mol. The van der Waals surface area contributed by atoms with Gasteiger partial charge in [0.15, 0.2) is 0 Å². The number of hydrogen-bond donors (Lipinski definition) is 3. The molecule has 1 aromatic heterocycles. The molecule has 4 rings (SSSR count). The van der Waals surface area contributed by atoms with Gasteiger partial charge in [0.05, 0.1) is 11.5 Å². The SMILES string of the molecule is Cc1ccc(C(=O)NC2CC2)cc1NC(=O)c1ccc(-c2cccc(CO)c2)s1. The lowest BCUT2D eigenvalue weighted by Crippen LogP contribution is -2.25. The molecule has 1 aliphatic rings. The highest BCUT2D eigenvalue weighted by molar-refractivity contribution is 7.17. The lowest BCUT2D eigenvalue weighted by Gasteiger charge is -2.10. The predicted octanol–water partition coefficient (Wildman–Crippen LogP) is 4.36. The Balaban J connectivity index is 1.50. The van der Waals surface area contributed by atoms with Crippen LogP contribution in [0.3, 0.4) is 0 Å². The maximum Gasteiger partial charge on any atom is 0.265 e. The summed E-state index contributed by atoms with van der Waals surface area (Å²) in [6.07, 6.45) is 2.06. The van der Waals surface area contributed by atoms with Crippen LogP contribution in [-0.4, -0.2) is 23.0 Å². The van der Waals surface area contributed by atoms with E-state index < -0.39 is 0 Å². The zero-order chi connectivity index (χ0) is 20.4. The molecule has 2 amide bonds. The van der Waals surface area contributed by atoms with Crippen molar-refractivity contribution in [3.05, 3.63) is 76.2 Å². The number of aliphatic hydroxyl groups is 1. The first-order valence-corrected chi connectivity index (χ1v) is 10.4. The summed E-state index contributed by atoms with van der Waals surface area (Å²) in [5.74, 6) is -0.312. The van der Waals surface area contributed by atoms with Crippen molar-refractivity contribution in [3.63, 3.8) is 0 Å². The van der Waals surface area contributed by atoms with Gasteiger partial charge in [0.25, 0.3) is 11.8 Å². The van der Waals surface area contributed by atoms with Crippen LogP contribution in [0.15, 0.2) is 54.6 Å². The van der Waals surface area contributed by atoms with Gasteiger partial charge in [-0.2, -0.15) is 0 Å². The smallest absolute Gasteiger partial charge is 0.265 e. The van der Waals surface area contributed by atoms with Crippen molar-refractivity contribution in [3.8, 4) is 10.4 Å². The molecular formula is C23H22N2O3S. The second-order valence-corrected chi connectivity index (χ2v) is 8.34. The Labute approximate surface area is 173 Å². The van der Waals surface area contributed by atoms with Crippen LogP contribution in [-0.2, 0) is 6.61 Å². The summed E-state index contributed by atoms with van der Waals surface area (Å²) in [7, 11) is 0. The van der Waals surface area contributed by atoms with Crippen LogP contribution in [0.25, 0.3) is 10.4 Å². The fourth-order valence-corrected chi connectivity index (χ4v) is 3.91. The highest BCUT2D eigenvalue weighted by Crippen LogP contribution is 2.30. The van der Waals surface area contributed by atoms with Crippen molar-refractivity contribution < 1.29 is 14.7 Å². The Kier molecular flexibility index (Phi) is 5.47. The number of nitrogens with one attached hydrogen (secondary N) is 2. The largest absolute Gasteiger partial charge is 0.392 e. The summed E-state index contributed by atoms with van der Waals surface area (Å²) in [4.78, 5) is 26.6. The zero-order valence-corrected chi connectivity index (χ0v) is 16.9. The molecule has 6 heteroatoms. The van der Waals surface area contributed by atoms with E-state index in [2.05, 4.69) is 10.6 Å². The van der Waals surface area contributed by atoms with Gasteiger partial charge < -0.3 is 15.7 Å². The number of rotatable bonds is 6. The maximum atomic E-state index is 12.8. The van der Waals surface area contributed by atoms with Crippen molar-refractivity contribution in [2.45, 2.75) is 32.4 Å². The number of benzene rings is 2. The third-order valence-electron chi connectivity index (χ3n) is 4.88. The third-order valence-corrected chi connectivity index (χ3v) is 6.02. The molecule has 1 fully saturated rings. The van der Waals surface area contributed by atoms with Crippen molar-refractivity contribution in [1.29, 1.82) is 0 Å². The van der Waals surface area contributed by atoms with Gasteiger partial charge in [0.1, 0.15) is 0 Å². The lowest BCUT2D eigenvalue weighted by molar-refractivity contribution is 0.0949. The number of amides is 2. The number of anilines is 1. The van der Waals surface area contributed by atoms with E-state index in [1.807, 2.05) is 43.3 Å². The summed E-state index contributed by atoms with van der Waals surface area (Å²) in [6.45, 7) is 1.88. The Morgan fingerprint density at radius 1 is 1.07 bits per heavy atom. The fraction of sp³-hybridized carbons (Fsp3) is 0.217. The number of thiophene rings is 1. The average molecular weight is 407 g/mol. The molecule has 0 aliphatic heterocycles. The minimum atomic E-state index is -0.206. The minimum absolute atomic E-state index is 0.0174. The molecule has 3 N–H and O–H groups in total. The molecule has 5 nitrogen and oxygen atoms in total. The molecule has 0 radical (unpaired) electrons. The Bertz CT molecular complexity index is 1070. The van der Waals surface area contributed by atoms with Gasteiger partial charge in [0.2, 0.25) is 0 Å². The summed E-state index contributed by atoms with van der Waals surface area (Å²) in [5, 5.41) is 15.2. The zero-order valence-electron chi connectivity index (χ0n) is 16.1. The number of carbonyl (C=O) groups is 2. The van der Waals surface area contributed by atoms with Gasteiger partial charge in [-0.1, -0.05) is 24.3 Å². The standard InChI is InChI=1S/C23H22N2O3S/c1-14-5-6-17(22(27)24-18-7-8-18)12-19(14)25-23(28)21-10-9-20(29-21)16-4-2-3-15(11-16)13-26/h2-6,9-12,18,26H,7-8,13H2,1H3,(H,24,27)(H,25,28). The van der Waals surface area contributed by atoms with Crippen LogP contribution >= 0.6 is 11.3 Å². The molecule has 29 heavy (non-hydrogen) atoms. The number of aryl methyl sites for hydroxylation is 1. The van der Waals surface area contributed by atoms with Crippen molar-refractivity contribution >= 4 is 28.8 Å². The van der Waals surface area contributed by atoms with E-state index in [0.29, 0.717) is 16.1 Å². The molecule has 1 heterocycles. The Hall–Kier alpha value is -2.96. The van der Waals surface area contributed by atoms with Crippen molar-refractivity contribution in [1.82, 2.24) is 5.32 Å². The molecule has 0 spiro atoms. The first-order valence-electron chi connectivity index (χ1n) is 9.56. The average Bonchev–Trinajstić information content (AvgIpc) is 3.40. The van der Waals surface area contributed by atoms with E-state index >= 15 is 0 Å². The quantitative estimate of drug-likeness (QED) is 0.569. The first kappa shape index (κ1) is 19.4. The second kappa shape index (κ2) is 8.19. The molecule has 0 bridgehead atoms. The number of carbonyl (C=O) groups excluding carboxylic acids is 2. The van der Waals surface area contributed by atoms with Crippen LogP contribution in [0.4, 0.5) is 5.69 Å². The highest BCUT2D eigenvalue weighted by atomic mass is 32.1. The molecule has 0 atom stereocenters. The summed E-state index contributed by atoms with van der Waals surface area (Å²) < 4.78 is 0. The van der Waals surface area contributed by atoms with E-state index in [1.54, 1.807) is 18.2 Å². The van der Waals surface area contributed by atoms with Crippen LogP contribution in [0.1, 0.15) is 44.0 Å². The van der Waals surface area contributed by atoms with Crippen molar-refractivity contribution in [2.75, 3.05) is 5.32 Å². The summed E-state index contributed by atoms with van der Waals surface area (Å²) in [6, 6.07) is 17.0. The number of aliphatic hydroxyl groups excluding tert-OH is 1. The van der Waals surface area contributed by atoms with E-state index in [-0.39, 0.29) is 24.5 Å². The van der Waals surface area contributed by atoms with Crippen LogP contribution in [0.2, 0.25) is 0 Å². The molecule has 148 valence electrons. The normalized spacial score (nSPS) is 13.2. The van der Waals surface area contributed by atoms with E-state index in [1.165, 1.54) is 11.3 Å². The highest BCUT2D eigenvalue weighted by Gasteiger charge is 2.24. The summed E-state index contributed by atoms with van der Waals surface area (Å²) in [5.41, 5.74) is 3.88. The molecule has 1 saturated carbocycles. The van der Waals surface area contributed by atoms with Gasteiger partial charge in [-0.15, -0.1) is 11.3 Å². The van der Waals surface area contributed by atoms with E-state index in [4.69, 9.17) is 0 Å². The van der Waals surface area contributed by atoms with Crippen molar-refractivity contribution in [2.24, 2.45) is 0 Å². The topological polar surface area (TPSA) is 78.4 Å². The molecule has 3 aromatic rings. The van der Waals surface area contributed by atoms with Gasteiger partial charge in [-0.3, -0.25) is 9.59 Å². The molecule has 2 aromatic carbocycles. The number of hydrogen-bond acceptors (Lipinski definition) is 4. The monoisotopic (exact) mass is 406 g/mol. The van der Waals surface area contributed by atoms with E-state index in [9.17, 15) is 14.7 Å². The Morgan fingerprint density at radius 3 is 2.66 bits per heavy atom. The first-order chi connectivity index (χ1) is 14.0. The molecule has 1 aliphatic carbocycles. The van der Waals surface area contributed by atoms with E-state index in [0.717, 1.165) is 34.4 Å². The second-order valence-electron chi connectivity index (χ2n) is 7.25.